The maximum absolute atomic E-state index is 13.1. The van der Waals surface area contributed by atoms with Crippen LogP contribution >= 0.6 is 0 Å². The molecule has 4 rings (SSSR count). The first-order chi connectivity index (χ1) is 16.6. The molecule has 2 heterocycles. The van der Waals surface area contributed by atoms with Crippen molar-refractivity contribution in [2.24, 2.45) is 7.05 Å². The van der Waals surface area contributed by atoms with Gasteiger partial charge in [-0.25, -0.2) is 9.97 Å². The lowest BCUT2D eigenvalue weighted by atomic mass is 9.86. The first kappa shape index (κ1) is 24.1. The number of aromatic nitrogens is 3. The quantitative estimate of drug-likeness (QED) is 0.373. The molecule has 0 amide bonds. The predicted octanol–water partition coefficient (Wildman–Crippen LogP) is 5.62. The van der Waals surface area contributed by atoms with Crippen LogP contribution in [0.2, 0.25) is 0 Å². The van der Waals surface area contributed by atoms with Gasteiger partial charge in [0.25, 0.3) is 5.56 Å². The summed E-state index contributed by atoms with van der Waals surface area (Å²) in [7, 11) is 1.72. The fraction of sp³-hybridized carbons (Fsp3) is 0.241. The minimum Gasteiger partial charge on any atom is -0.336 e. The SMILES string of the molecule is Cc1c(CC(=O)c2ccc(C(C)(C)C)cc2)cccc1-c1cc(Nc2ccncn2)c(=O)n(C)c1. The number of ketones is 1. The molecule has 0 unspecified atom stereocenters. The van der Waals surface area contributed by atoms with E-state index in [4.69, 9.17) is 0 Å². The second kappa shape index (κ2) is 9.66. The van der Waals surface area contributed by atoms with Crippen molar-refractivity contribution in [2.75, 3.05) is 5.32 Å². The molecule has 178 valence electrons. The van der Waals surface area contributed by atoms with Crippen LogP contribution in [0.4, 0.5) is 11.5 Å². The Morgan fingerprint density at radius 2 is 1.80 bits per heavy atom. The summed E-state index contributed by atoms with van der Waals surface area (Å²) in [5, 5.41) is 3.09. The average molecular weight is 467 g/mol. The van der Waals surface area contributed by atoms with Crippen molar-refractivity contribution in [3.63, 3.8) is 0 Å². The summed E-state index contributed by atoms with van der Waals surface area (Å²) in [4.78, 5) is 33.8. The van der Waals surface area contributed by atoms with Crippen LogP contribution in [-0.2, 0) is 18.9 Å². The Labute approximate surface area is 205 Å². The largest absolute Gasteiger partial charge is 0.336 e. The zero-order valence-corrected chi connectivity index (χ0v) is 20.8. The predicted molar refractivity (Wildman–Crippen MR) is 140 cm³/mol. The highest BCUT2D eigenvalue weighted by molar-refractivity contribution is 5.98. The van der Waals surface area contributed by atoms with Crippen LogP contribution in [0.1, 0.15) is 47.8 Å². The first-order valence-corrected chi connectivity index (χ1v) is 11.6. The molecule has 0 aliphatic heterocycles. The van der Waals surface area contributed by atoms with Crippen molar-refractivity contribution in [2.45, 2.75) is 39.5 Å². The fourth-order valence-corrected chi connectivity index (χ4v) is 4.07. The smallest absolute Gasteiger partial charge is 0.274 e. The molecule has 0 aliphatic rings. The summed E-state index contributed by atoms with van der Waals surface area (Å²) >= 11 is 0. The number of benzene rings is 2. The number of rotatable bonds is 6. The van der Waals surface area contributed by atoms with Gasteiger partial charge in [0.1, 0.15) is 17.8 Å². The van der Waals surface area contributed by atoms with Gasteiger partial charge in [-0.1, -0.05) is 63.2 Å². The number of carbonyl (C=O) groups is 1. The van der Waals surface area contributed by atoms with E-state index in [1.165, 1.54) is 11.9 Å². The van der Waals surface area contributed by atoms with E-state index in [1.807, 2.05) is 61.7 Å². The zero-order chi connectivity index (χ0) is 25.2. The van der Waals surface area contributed by atoms with Gasteiger partial charge in [-0.3, -0.25) is 9.59 Å². The Bertz CT molecular complexity index is 1420. The van der Waals surface area contributed by atoms with Crippen LogP contribution in [0.15, 0.2) is 78.1 Å². The van der Waals surface area contributed by atoms with Crippen molar-refractivity contribution in [1.82, 2.24) is 14.5 Å². The van der Waals surface area contributed by atoms with Crippen LogP contribution in [0, 0.1) is 6.92 Å². The first-order valence-electron chi connectivity index (χ1n) is 11.6. The van der Waals surface area contributed by atoms with Gasteiger partial charge in [-0.2, -0.15) is 0 Å². The number of nitrogens with one attached hydrogen (secondary N) is 1. The third-order valence-corrected chi connectivity index (χ3v) is 6.21. The van der Waals surface area contributed by atoms with Crippen molar-refractivity contribution in [1.29, 1.82) is 0 Å². The molecular formula is C29H30N4O2. The number of pyridine rings is 1. The van der Waals surface area contributed by atoms with Gasteiger partial charge in [0.2, 0.25) is 0 Å². The van der Waals surface area contributed by atoms with Gasteiger partial charge in [-0.15, -0.1) is 0 Å². The number of hydrogen-bond acceptors (Lipinski definition) is 5. The highest BCUT2D eigenvalue weighted by Crippen LogP contribution is 2.28. The van der Waals surface area contributed by atoms with Crippen LogP contribution in [0.5, 0.6) is 0 Å². The normalized spacial score (nSPS) is 11.3. The molecule has 6 nitrogen and oxygen atoms in total. The fourth-order valence-electron chi connectivity index (χ4n) is 4.07. The van der Waals surface area contributed by atoms with E-state index in [9.17, 15) is 9.59 Å². The minimum atomic E-state index is -0.157. The van der Waals surface area contributed by atoms with E-state index in [0.717, 1.165) is 22.3 Å². The Morgan fingerprint density at radius 1 is 1.06 bits per heavy atom. The summed E-state index contributed by atoms with van der Waals surface area (Å²) in [6, 6.07) is 17.4. The van der Waals surface area contributed by atoms with Gasteiger partial charge in [-0.05, 0) is 46.7 Å². The van der Waals surface area contributed by atoms with Crippen molar-refractivity contribution >= 4 is 17.3 Å². The molecule has 0 saturated carbocycles. The Balaban J connectivity index is 1.63. The molecule has 0 atom stereocenters. The van der Waals surface area contributed by atoms with Crippen LogP contribution < -0.4 is 10.9 Å². The second-order valence-electron chi connectivity index (χ2n) is 9.80. The second-order valence-corrected chi connectivity index (χ2v) is 9.80. The number of hydrogen-bond donors (Lipinski definition) is 1. The van der Waals surface area contributed by atoms with Crippen molar-refractivity contribution < 1.29 is 4.79 Å². The maximum atomic E-state index is 13.1. The summed E-state index contributed by atoms with van der Waals surface area (Å²) in [5.41, 5.74) is 6.05. The standard InChI is InChI=1S/C29H30N4O2/c1-19-21(16-26(34)20-9-11-23(12-10-20)29(2,3)4)7-6-8-24(19)22-15-25(28(35)33(5)17-22)32-27-13-14-30-18-31-27/h6-15,17-18H,16H2,1-5H3,(H,30,31,32). The topological polar surface area (TPSA) is 76.9 Å². The van der Waals surface area contributed by atoms with E-state index < -0.39 is 0 Å². The molecule has 6 heteroatoms. The summed E-state index contributed by atoms with van der Waals surface area (Å²) in [6.07, 6.45) is 5.17. The lowest BCUT2D eigenvalue weighted by molar-refractivity contribution is 0.0992. The average Bonchev–Trinajstić information content (AvgIpc) is 2.83. The van der Waals surface area contributed by atoms with E-state index in [-0.39, 0.29) is 16.8 Å². The third kappa shape index (κ3) is 5.38. The molecule has 2 aromatic carbocycles. The molecule has 0 fully saturated rings. The Hall–Kier alpha value is -4.06. The molecule has 1 N–H and O–H groups in total. The monoisotopic (exact) mass is 466 g/mol. The molecule has 0 spiro atoms. The van der Waals surface area contributed by atoms with Gasteiger partial charge < -0.3 is 9.88 Å². The highest BCUT2D eigenvalue weighted by Gasteiger charge is 2.16. The number of carbonyl (C=O) groups excluding carboxylic acids is 1. The summed E-state index contributed by atoms with van der Waals surface area (Å²) in [6.45, 7) is 8.50. The molecule has 4 aromatic rings. The molecule has 0 bridgehead atoms. The van der Waals surface area contributed by atoms with Crippen LogP contribution in [0.25, 0.3) is 11.1 Å². The minimum absolute atomic E-state index is 0.0451. The van der Waals surface area contributed by atoms with E-state index in [2.05, 4.69) is 36.1 Å². The van der Waals surface area contributed by atoms with Crippen LogP contribution in [0.3, 0.4) is 0 Å². The molecule has 35 heavy (non-hydrogen) atoms. The third-order valence-electron chi connectivity index (χ3n) is 6.21. The van der Waals surface area contributed by atoms with Gasteiger partial charge in [0.15, 0.2) is 5.78 Å². The number of Topliss-reactive ketones (excluding diaryl/α,β-unsaturated/α-hetero) is 1. The van der Waals surface area contributed by atoms with Crippen molar-refractivity contribution in [3.8, 4) is 11.1 Å². The molecule has 0 aliphatic carbocycles. The maximum Gasteiger partial charge on any atom is 0.274 e. The van der Waals surface area contributed by atoms with Gasteiger partial charge >= 0.3 is 0 Å². The van der Waals surface area contributed by atoms with E-state index in [0.29, 0.717) is 23.5 Å². The van der Waals surface area contributed by atoms with Gasteiger partial charge in [0, 0.05) is 37.0 Å². The number of anilines is 2. The number of aryl methyl sites for hydroxylation is 1. The van der Waals surface area contributed by atoms with Gasteiger partial charge in [0.05, 0.1) is 0 Å². The lowest BCUT2D eigenvalue weighted by Crippen LogP contribution is -2.19. The zero-order valence-electron chi connectivity index (χ0n) is 20.8. The summed E-state index contributed by atoms with van der Waals surface area (Å²) < 4.78 is 1.55. The lowest BCUT2D eigenvalue weighted by Gasteiger charge is -2.19. The van der Waals surface area contributed by atoms with E-state index >= 15 is 0 Å². The summed E-state index contributed by atoms with van der Waals surface area (Å²) in [5.74, 6) is 0.625. The Morgan fingerprint density at radius 3 is 2.46 bits per heavy atom. The highest BCUT2D eigenvalue weighted by atomic mass is 16.1. The molecule has 0 saturated heterocycles. The van der Waals surface area contributed by atoms with Crippen LogP contribution in [-0.4, -0.2) is 20.3 Å². The Kier molecular flexibility index (Phi) is 6.65. The molecular weight excluding hydrogens is 436 g/mol. The molecule has 0 radical (unpaired) electrons. The molecule has 2 aromatic heterocycles. The number of nitrogens with zero attached hydrogens (tertiary/aromatic N) is 3. The van der Waals surface area contributed by atoms with E-state index in [1.54, 1.807) is 23.9 Å². The van der Waals surface area contributed by atoms with Crippen molar-refractivity contribution in [3.05, 3.63) is 106 Å².